The molecular formula is C10H14BrFO2S. The van der Waals surface area contributed by atoms with Crippen molar-refractivity contribution in [2.45, 2.75) is 12.3 Å². The van der Waals surface area contributed by atoms with Crippen LogP contribution < -0.4 is 4.74 Å². The normalized spacial score (nSPS) is 9.60. The minimum absolute atomic E-state index is 0. The lowest BCUT2D eigenvalue weighted by Gasteiger charge is -2.09. The zero-order valence-electron chi connectivity index (χ0n) is 7.84. The van der Waals surface area contributed by atoms with E-state index in [-0.39, 0.29) is 25.8 Å². The van der Waals surface area contributed by atoms with E-state index in [2.05, 4.69) is 15.9 Å². The maximum absolute atomic E-state index is 13.4. The fourth-order valence-corrected chi connectivity index (χ4v) is 2.07. The largest absolute Gasteiger partial charge is 0.463 e. The number of ether oxygens (including phenoxy) is 2. The predicted molar refractivity (Wildman–Crippen MR) is 65.1 cm³/mol. The zero-order chi connectivity index (χ0) is 10.6. The first-order valence-electron chi connectivity index (χ1n) is 3.83. The van der Waals surface area contributed by atoms with Crippen LogP contribution in [0, 0.1) is 5.82 Å². The molecule has 1 rings (SSSR count). The number of methoxy groups -OCH3 is 1. The number of hydrogen-bond donors (Lipinski definition) is 0. The Kier molecular flexibility index (Phi) is 6.96. The quantitative estimate of drug-likeness (QED) is 0.620. The van der Waals surface area contributed by atoms with Crippen LogP contribution >= 0.6 is 27.7 Å². The van der Waals surface area contributed by atoms with Crippen LogP contribution in [0.1, 0.15) is 7.43 Å². The summed E-state index contributed by atoms with van der Waals surface area (Å²) < 4.78 is 23.8. The van der Waals surface area contributed by atoms with Crippen LogP contribution in [0.5, 0.6) is 5.75 Å². The maximum atomic E-state index is 13.4. The van der Waals surface area contributed by atoms with Crippen molar-refractivity contribution in [3.63, 3.8) is 0 Å². The molecule has 0 radical (unpaired) electrons. The highest BCUT2D eigenvalue weighted by molar-refractivity contribution is 9.10. The highest BCUT2D eigenvalue weighted by Gasteiger charge is 2.10. The molecule has 1 aromatic rings. The molecule has 0 spiro atoms. The van der Waals surface area contributed by atoms with E-state index in [0.29, 0.717) is 4.47 Å². The van der Waals surface area contributed by atoms with Crippen LogP contribution in [0.4, 0.5) is 4.39 Å². The minimum Gasteiger partial charge on any atom is -0.463 e. The Morgan fingerprint density at radius 2 is 2.13 bits per heavy atom. The maximum Gasteiger partial charge on any atom is 0.188 e. The molecule has 0 aliphatic heterocycles. The molecule has 0 amide bonds. The molecule has 86 valence electrons. The monoisotopic (exact) mass is 296 g/mol. The third-order valence-corrected chi connectivity index (χ3v) is 2.82. The van der Waals surface area contributed by atoms with Gasteiger partial charge in [-0.15, -0.1) is 11.8 Å². The van der Waals surface area contributed by atoms with Gasteiger partial charge in [0.1, 0.15) is 0 Å². The van der Waals surface area contributed by atoms with Crippen molar-refractivity contribution in [2.75, 3.05) is 20.2 Å². The van der Waals surface area contributed by atoms with Gasteiger partial charge in [0.2, 0.25) is 0 Å². The molecule has 2 nitrogen and oxygen atoms in total. The standard InChI is InChI=1S/C9H10BrFO2S.CH4/c1-12-5-13-9-7(10)3-6(14-2)4-8(9)11;/h3-4H,5H2,1-2H3;1H4. The Morgan fingerprint density at radius 1 is 1.47 bits per heavy atom. The molecule has 1 aromatic carbocycles. The minimum atomic E-state index is -0.388. The summed E-state index contributed by atoms with van der Waals surface area (Å²) in [5, 5.41) is 0. The molecule has 0 heterocycles. The summed E-state index contributed by atoms with van der Waals surface area (Å²) in [6.07, 6.45) is 1.89. The average molecular weight is 297 g/mol. The van der Waals surface area contributed by atoms with Gasteiger partial charge in [-0.3, -0.25) is 0 Å². The first-order chi connectivity index (χ1) is 6.69. The fourth-order valence-electron chi connectivity index (χ4n) is 0.910. The van der Waals surface area contributed by atoms with Gasteiger partial charge in [-0.05, 0) is 34.3 Å². The van der Waals surface area contributed by atoms with E-state index >= 15 is 0 Å². The summed E-state index contributed by atoms with van der Waals surface area (Å²) in [7, 11) is 1.49. The number of rotatable bonds is 4. The van der Waals surface area contributed by atoms with E-state index < -0.39 is 0 Å². The number of thioether (sulfide) groups is 1. The summed E-state index contributed by atoms with van der Waals surface area (Å²) in [6.45, 7) is 0.0358. The van der Waals surface area contributed by atoms with Crippen molar-refractivity contribution in [3.05, 3.63) is 22.4 Å². The van der Waals surface area contributed by atoms with E-state index in [0.717, 1.165) is 4.90 Å². The van der Waals surface area contributed by atoms with Crippen LogP contribution in [-0.4, -0.2) is 20.2 Å². The predicted octanol–water partition coefficient (Wildman–Crippen LogP) is 3.93. The summed E-state index contributed by atoms with van der Waals surface area (Å²) >= 11 is 4.71. The highest BCUT2D eigenvalue weighted by Crippen LogP contribution is 2.32. The Labute approximate surface area is 102 Å². The second-order valence-electron chi connectivity index (χ2n) is 2.47. The first-order valence-corrected chi connectivity index (χ1v) is 5.85. The van der Waals surface area contributed by atoms with Gasteiger partial charge in [0.15, 0.2) is 18.4 Å². The molecule has 0 unspecified atom stereocenters. The Balaban J connectivity index is 0.00000196. The lowest BCUT2D eigenvalue weighted by atomic mass is 10.3. The number of benzene rings is 1. The van der Waals surface area contributed by atoms with Crippen molar-refractivity contribution in [1.29, 1.82) is 0 Å². The summed E-state index contributed by atoms with van der Waals surface area (Å²) in [5.74, 6) is -0.203. The second-order valence-corrected chi connectivity index (χ2v) is 4.21. The lowest BCUT2D eigenvalue weighted by Crippen LogP contribution is -2.01. The van der Waals surface area contributed by atoms with Gasteiger partial charge < -0.3 is 9.47 Å². The highest BCUT2D eigenvalue weighted by atomic mass is 79.9. The van der Waals surface area contributed by atoms with Gasteiger partial charge in [0, 0.05) is 12.0 Å². The van der Waals surface area contributed by atoms with Gasteiger partial charge in [-0.25, -0.2) is 4.39 Å². The summed E-state index contributed by atoms with van der Waals surface area (Å²) in [4.78, 5) is 0.846. The van der Waals surface area contributed by atoms with Crippen molar-refractivity contribution >= 4 is 27.7 Å². The molecule has 0 saturated carbocycles. The first kappa shape index (κ1) is 14.7. The fraction of sp³-hybridized carbons (Fsp3) is 0.400. The van der Waals surface area contributed by atoms with E-state index in [9.17, 15) is 4.39 Å². The van der Waals surface area contributed by atoms with E-state index in [4.69, 9.17) is 9.47 Å². The topological polar surface area (TPSA) is 18.5 Å². The molecule has 0 atom stereocenters. The van der Waals surface area contributed by atoms with E-state index in [1.54, 1.807) is 6.07 Å². The lowest BCUT2D eigenvalue weighted by molar-refractivity contribution is 0.0476. The summed E-state index contributed by atoms with van der Waals surface area (Å²) in [5.41, 5.74) is 0. The Bertz CT molecular complexity index is 297. The number of halogens is 2. The van der Waals surface area contributed by atoms with Crippen molar-refractivity contribution in [1.82, 2.24) is 0 Å². The average Bonchev–Trinajstić information content (AvgIpc) is 2.16. The van der Waals surface area contributed by atoms with Crippen LogP contribution in [-0.2, 0) is 4.74 Å². The van der Waals surface area contributed by atoms with Crippen molar-refractivity contribution in [2.24, 2.45) is 0 Å². The van der Waals surface area contributed by atoms with Gasteiger partial charge in [-0.2, -0.15) is 0 Å². The zero-order valence-corrected chi connectivity index (χ0v) is 10.2. The molecule has 0 aliphatic rings. The molecule has 5 heteroatoms. The van der Waals surface area contributed by atoms with Crippen LogP contribution in [0.15, 0.2) is 21.5 Å². The van der Waals surface area contributed by atoms with Crippen LogP contribution in [0.25, 0.3) is 0 Å². The van der Waals surface area contributed by atoms with Crippen molar-refractivity contribution < 1.29 is 13.9 Å². The molecule has 0 N–H and O–H groups in total. The molecular weight excluding hydrogens is 283 g/mol. The molecule has 0 fully saturated rings. The summed E-state index contributed by atoms with van der Waals surface area (Å²) in [6, 6.07) is 3.24. The third-order valence-electron chi connectivity index (χ3n) is 1.53. The van der Waals surface area contributed by atoms with E-state index in [1.165, 1.54) is 24.9 Å². The van der Waals surface area contributed by atoms with Crippen LogP contribution in [0.3, 0.4) is 0 Å². The van der Waals surface area contributed by atoms with Crippen LogP contribution in [0.2, 0.25) is 0 Å². The SMILES string of the molecule is C.COCOc1c(F)cc(SC)cc1Br. The van der Waals surface area contributed by atoms with Gasteiger partial charge >= 0.3 is 0 Å². The molecule has 0 bridgehead atoms. The smallest absolute Gasteiger partial charge is 0.188 e. The molecule has 0 aromatic heterocycles. The van der Waals surface area contributed by atoms with Crippen molar-refractivity contribution in [3.8, 4) is 5.75 Å². The molecule has 0 aliphatic carbocycles. The number of hydrogen-bond acceptors (Lipinski definition) is 3. The molecule has 15 heavy (non-hydrogen) atoms. The Morgan fingerprint density at radius 3 is 2.60 bits per heavy atom. The van der Waals surface area contributed by atoms with Gasteiger partial charge in [0.05, 0.1) is 4.47 Å². The van der Waals surface area contributed by atoms with E-state index in [1.807, 2.05) is 6.26 Å². The van der Waals surface area contributed by atoms with Gasteiger partial charge in [0.25, 0.3) is 0 Å². The Hall–Kier alpha value is -0.260. The molecule has 0 saturated heterocycles. The third kappa shape index (κ3) is 4.01. The van der Waals surface area contributed by atoms with Gasteiger partial charge in [-0.1, -0.05) is 7.43 Å². The second kappa shape index (κ2) is 7.09.